The smallest absolute Gasteiger partial charge is 0.317 e. The fourth-order valence-electron chi connectivity index (χ4n) is 4.11. The molecule has 1 aliphatic heterocycles. The van der Waals surface area contributed by atoms with Crippen molar-refractivity contribution < 1.29 is 4.79 Å². The molecule has 1 aliphatic carbocycles. The molecular formula is C21H32Cl2N4O. The van der Waals surface area contributed by atoms with Gasteiger partial charge in [0.1, 0.15) is 0 Å². The van der Waals surface area contributed by atoms with Gasteiger partial charge in [-0.05, 0) is 37.9 Å². The molecule has 0 atom stereocenters. The number of benzene rings is 1. The Morgan fingerprint density at radius 2 is 1.86 bits per heavy atom. The van der Waals surface area contributed by atoms with Gasteiger partial charge in [0.2, 0.25) is 0 Å². The van der Waals surface area contributed by atoms with Crippen LogP contribution in [0.5, 0.6) is 0 Å². The Morgan fingerprint density at radius 3 is 2.57 bits per heavy atom. The summed E-state index contributed by atoms with van der Waals surface area (Å²) < 4.78 is 0. The molecule has 1 aromatic rings. The molecule has 3 rings (SSSR count). The van der Waals surface area contributed by atoms with Gasteiger partial charge in [0.25, 0.3) is 0 Å². The van der Waals surface area contributed by atoms with Gasteiger partial charge in [0.15, 0.2) is 0 Å². The second kappa shape index (κ2) is 10.6. The van der Waals surface area contributed by atoms with E-state index in [2.05, 4.69) is 15.1 Å². The van der Waals surface area contributed by atoms with Gasteiger partial charge in [-0.25, -0.2) is 4.79 Å². The second-order valence-corrected chi connectivity index (χ2v) is 8.75. The lowest BCUT2D eigenvalue weighted by atomic mass is 9.96. The van der Waals surface area contributed by atoms with Crippen LogP contribution in [-0.2, 0) is 0 Å². The van der Waals surface area contributed by atoms with Gasteiger partial charge in [0, 0.05) is 45.8 Å². The van der Waals surface area contributed by atoms with Crippen molar-refractivity contribution in [3.05, 3.63) is 28.2 Å². The molecule has 2 fully saturated rings. The van der Waals surface area contributed by atoms with Crippen molar-refractivity contribution in [2.24, 2.45) is 0 Å². The van der Waals surface area contributed by atoms with E-state index >= 15 is 0 Å². The Bertz CT molecular complexity index is 643. The quantitative estimate of drug-likeness (QED) is 0.728. The highest BCUT2D eigenvalue weighted by molar-refractivity contribution is 6.43. The first-order valence-corrected chi connectivity index (χ1v) is 11.2. The van der Waals surface area contributed by atoms with Crippen LogP contribution in [0.15, 0.2) is 18.2 Å². The van der Waals surface area contributed by atoms with E-state index in [0.29, 0.717) is 16.1 Å². The molecule has 28 heavy (non-hydrogen) atoms. The largest absolute Gasteiger partial charge is 0.368 e. The number of rotatable bonds is 6. The van der Waals surface area contributed by atoms with Crippen LogP contribution in [0.1, 0.15) is 38.5 Å². The molecule has 0 radical (unpaired) electrons. The molecule has 0 spiro atoms. The van der Waals surface area contributed by atoms with Crippen LogP contribution in [0.3, 0.4) is 0 Å². The maximum atomic E-state index is 12.3. The molecule has 1 saturated heterocycles. The molecule has 1 N–H and O–H groups in total. The summed E-state index contributed by atoms with van der Waals surface area (Å²) in [7, 11) is 1.90. The fourth-order valence-corrected chi connectivity index (χ4v) is 4.53. The van der Waals surface area contributed by atoms with Crippen molar-refractivity contribution in [2.45, 2.75) is 44.6 Å². The first-order chi connectivity index (χ1) is 13.5. The number of nitrogens with one attached hydrogen (secondary N) is 1. The van der Waals surface area contributed by atoms with Crippen LogP contribution in [0.2, 0.25) is 10.0 Å². The van der Waals surface area contributed by atoms with E-state index in [1.54, 1.807) is 0 Å². The Kier molecular flexibility index (Phi) is 8.12. The molecule has 1 saturated carbocycles. The summed E-state index contributed by atoms with van der Waals surface area (Å²) in [4.78, 5) is 18.9. The Labute approximate surface area is 178 Å². The molecule has 7 heteroatoms. The minimum Gasteiger partial charge on any atom is -0.368 e. The zero-order chi connectivity index (χ0) is 19.9. The zero-order valence-corrected chi connectivity index (χ0v) is 18.3. The number of urea groups is 1. The number of hydrogen-bond donors (Lipinski definition) is 1. The molecule has 5 nitrogen and oxygen atoms in total. The predicted octanol–water partition coefficient (Wildman–Crippen LogP) is 4.48. The normalized spacial score (nSPS) is 18.9. The maximum Gasteiger partial charge on any atom is 0.317 e. The van der Waals surface area contributed by atoms with E-state index < -0.39 is 0 Å². The standard InChI is InChI=1S/C21H32Cl2N4O/c1-25(21(28)24-17-7-3-2-4-8-17)11-6-12-26-13-15-27(16-14-26)19-10-5-9-18(22)20(19)23/h5,9-10,17H,2-4,6-8,11-16H2,1H3,(H,24,28). The average Bonchev–Trinajstić information content (AvgIpc) is 2.71. The van der Waals surface area contributed by atoms with Crippen molar-refractivity contribution in [1.82, 2.24) is 15.1 Å². The predicted molar refractivity (Wildman–Crippen MR) is 118 cm³/mol. The van der Waals surface area contributed by atoms with E-state index in [1.807, 2.05) is 30.1 Å². The van der Waals surface area contributed by atoms with Gasteiger partial charge in [-0.1, -0.05) is 48.5 Å². The average molecular weight is 427 g/mol. The van der Waals surface area contributed by atoms with Gasteiger partial charge < -0.3 is 15.1 Å². The number of piperazine rings is 1. The minimum absolute atomic E-state index is 0.0762. The van der Waals surface area contributed by atoms with Crippen molar-refractivity contribution in [3.8, 4) is 0 Å². The van der Waals surface area contributed by atoms with Crippen LogP contribution >= 0.6 is 23.2 Å². The lowest BCUT2D eigenvalue weighted by Crippen LogP contribution is -2.48. The summed E-state index contributed by atoms with van der Waals surface area (Å²) in [6, 6.07) is 6.25. The summed E-state index contributed by atoms with van der Waals surface area (Å²) in [5.41, 5.74) is 1.02. The van der Waals surface area contributed by atoms with E-state index in [1.165, 1.54) is 19.3 Å². The Hall–Kier alpha value is -1.17. The summed E-state index contributed by atoms with van der Waals surface area (Å²) in [6.45, 7) is 5.69. The molecule has 2 amide bonds. The third kappa shape index (κ3) is 5.91. The van der Waals surface area contributed by atoms with Crippen molar-refractivity contribution in [2.75, 3.05) is 51.2 Å². The lowest BCUT2D eigenvalue weighted by Gasteiger charge is -2.36. The van der Waals surface area contributed by atoms with E-state index in [-0.39, 0.29) is 6.03 Å². The molecule has 1 aromatic carbocycles. The first-order valence-electron chi connectivity index (χ1n) is 10.5. The van der Waals surface area contributed by atoms with Crippen molar-refractivity contribution >= 4 is 34.9 Å². The van der Waals surface area contributed by atoms with Crippen LogP contribution in [0, 0.1) is 0 Å². The lowest BCUT2D eigenvalue weighted by molar-refractivity contribution is 0.194. The highest BCUT2D eigenvalue weighted by atomic mass is 35.5. The highest BCUT2D eigenvalue weighted by Crippen LogP contribution is 2.32. The van der Waals surface area contributed by atoms with E-state index in [0.717, 1.165) is 64.2 Å². The number of anilines is 1. The summed E-state index contributed by atoms with van der Waals surface area (Å²) in [5.74, 6) is 0. The van der Waals surface area contributed by atoms with Crippen molar-refractivity contribution in [3.63, 3.8) is 0 Å². The van der Waals surface area contributed by atoms with Crippen LogP contribution in [-0.4, -0.2) is 68.2 Å². The van der Waals surface area contributed by atoms with Crippen molar-refractivity contribution in [1.29, 1.82) is 0 Å². The SMILES string of the molecule is CN(CCCN1CCN(c2cccc(Cl)c2Cl)CC1)C(=O)NC1CCCCC1. The van der Waals surface area contributed by atoms with Crippen LogP contribution in [0.4, 0.5) is 10.5 Å². The Morgan fingerprint density at radius 1 is 1.14 bits per heavy atom. The minimum atomic E-state index is 0.0762. The number of halogens is 2. The number of hydrogen-bond acceptors (Lipinski definition) is 3. The topological polar surface area (TPSA) is 38.8 Å². The second-order valence-electron chi connectivity index (χ2n) is 7.96. The summed E-state index contributed by atoms with van der Waals surface area (Å²) in [5, 5.41) is 4.43. The fraction of sp³-hybridized carbons (Fsp3) is 0.667. The molecule has 156 valence electrons. The van der Waals surface area contributed by atoms with Gasteiger partial charge in [0.05, 0.1) is 15.7 Å². The highest BCUT2D eigenvalue weighted by Gasteiger charge is 2.21. The van der Waals surface area contributed by atoms with Gasteiger partial charge >= 0.3 is 6.03 Å². The summed E-state index contributed by atoms with van der Waals surface area (Å²) in [6.07, 6.45) is 7.02. The van der Waals surface area contributed by atoms with E-state index in [9.17, 15) is 4.79 Å². The molecule has 2 aliphatic rings. The van der Waals surface area contributed by atoms with Crippen LogP contribution in [0.25, 0.3) is 0 Å². The Balaban J connectivity index is 1.35. The number of nitrogens with zero attached hydrogens (tertiary/aromatic N) is 3. The number of amides is 2. The van der Waals surface area contributed by atoms with Crippen LogP contribution < -0.4 is 10.2 Å². The number of carbonyl (C=O) groups is 1. The molecule has 0 unspecified atom stereocenters. The number of carbonyl (C=O) groups excluding carboxylic acids is 1. The monoisotopic (exact) mass is 426 g/mol. The van der Waals surface area contributed by atoms with Gasteiger partial charge in [-0.2, -0.15) is 0 Å². The first kappa shape index (κ1) is 21.5. The third-order valence-corrected chi connectivity index (χ3v) is 6.70. The maximum absolute atomic E-state index is 12.3. The molecule has 0 aromatic heterocycles. The molecule has 0 bridgehead atoms. The zero-order valence-electron chi connectivity index (χ0n) is 16.8. The molecular weight excluding hydrogens is 395 g/mol. The summed E-state index contributed by atoms with van der Waals surface area (Å²) >= 11 is 12.5. The van der Waals surface area contributed by atoms with Gasteiger partial charge in [-0.15, -0.1) is 0 Å². The van der Waals surface area contributed by atoms with E-state index in [4.69, 9.17) is 23.2 Å². The third-order valence-electron chi connectivity index (χ3n) is 5.89. The van der Waals surface area contributed by atoms with Gasteiger partial charge in [-0.3, -0.25) is 4.90 Å². The molecule has 1 heterocycles.